The number of aromatic nitrogens is 1. The maximum absolute atomic E-state index is 13.3. The lowest BCUT2D eigenvalue weighted by Crippen LogP contribution is -2.47. The third kappa shape index (κ3) is 3.49. The minimum absolute atomic E-state index is 0.00524. The number of pyridine rings is 1. The molecule has 1 spiro atoms. The minimum atomic E-state index is -2.00. The van der Waals surface area contributed by atoms with Crippen molar-refractivity contribution in [2.45, 2.75) is 57.3 Å². The molecular formula is C23H28N2O6. The standard InChI is InChI=1S/C23H28N2O6/c1-3-22(29,21(28)24-15(2)16-7-5-4-6-8-16)18-13-19-23(30-11-12-31-23)9-10-25(19)20(27)17(18)14-26/h4-8,13,15,26,29H,3,9-12,14H2,1-2H3,(H,24,28)/t15-,22-/m1/s1. The Morgan fingerprint density at radius 1 is 1.29 bits per heavy atom. The van der Waals surface area contributed by atoms with Gasteiger partial charge in [0.15, 0.2) is 5.60 Å². The summed E-state index contributed by atoms with van der Waals surface area (Å²) in [5.74, 6) is -1.68. The molecule has 2 aliphatic heterocycles. The molecule has 166 valence electrons. The van der Waals surface area contributed by atoms with Crippen LogP contribution in [0.3, 0.4) is 0 Å². The minimum Gasteiger partial charge on any atom is -0.391 e. The number of rotatable bonds is 6. The SMILES string of the molecule is CC[C@](O)(C(=O)N[C@H](C)c1ccccc1)c1cc2n(c(=O)c1CO)CCC21OCCO1. The molecule has 1 aromatic carbocycles. The van der Waals surface area contributed by atoms with Crippen molar-refractivity contribution in [2.24, 2.45) is 0 Å². The molecule has 0 bridgehead atoms. The van der Waals surface area contributed by atoms with Crippen LogP contribution in [-0.4, -0.2) is 33.9 Å². The van der Waals surface area contributed by atoms with Crippen molar-refractivity contribution >= 4 is 5.91 Å². The highest BCUT2D eigenvalue weighted by atomic mass is 16.7. The Hall–Kier alpha value is -2.52. The third-order valence-electron chi connectivity index (χ3n) is 6.35. The van der Waals surface area contributed by atoms with E-state index in [1.54, 1.807) is 13.0 Å². The lowest BCUT2D eigenvalue weighted by molar-refractivity contribution is -0.163. The van der Waals surface area contributed by atoms with Crippen LogP contribution < -0.4 is 10.9 Å². The largest absolute Gasteiger partial charge is 0.391 e. The number of nitrogens with one attached hydrogen (secondary N) is 1. The van der Waals surface area contributed by atoms with Crippen LogP contribution in [0.15, 0.2) is 41.2 Å². The van der Waals surface area contributed by atoms with Crippen LogP contribution in [-0.2, 0) is 38.8 Å². The van der Waals surface area contributed by atoms with Gasteiger partial charge in [0.05, 0.1) is 31.6 Å². The summed E-state index contributed by atoms with van der Waals surface area (Å²) < 4.78 is 13.1. The number of ether oxygens (including phenoxy) is 2. The van der Waals surface area contributed by atoms with Gasteiger partial charge in [-0.2, -0.15) is 0 Å². The number of aliphatic hydroxyl groups excluding tert-OH is 1. The van der Waals surface area contributed by atoms with Gasteiger partial charge >= 0.3 is 0 Å². The Morgan fingerprint density at radius 2 is 1.97 bits per heavy atom. The number of carbonyl (C=O) groups is 1. The second-order valence-corrected chi connectivity index (χ2v) is 8.06. The van der Waals surface area contributed by atoms with Gasteiger partial charge in [0.1, 0.15) is 0 Å². The normalized spacial score (nSPS) is 19.7. The van der Waals surface area contributed by atoms with Gasteiger partial charge in [-0.05, 0) is 25.0 Å². The van der Waals surface area contributed by atoms with Gasteiger partial charge in [-0.1, -0.05) is 37.3 Å². The number of carbonyl (C=O) groups excluding carboxylic acids is 1. The molecule has 4 rings (SSSR count). The number of nitrogens with zero attached hydrogens (tertiary/aromatic N) is 1. The zero-order valence-corrected chi connectivity index (χ0v) is 17.8. The van der Waals surface area contributed by atoms with E-state index in [0.29, 0.717) is 31.9 Å². The van der Waals surface area contributed by atoms with Crippen LogP contribution in [0.1, 0.15) is 55.1 Å². The summed E-state index contributed by atoms with van der Waals surface area (Å²) in [4.78, 5) is 26.4. The van der Waals surface area contributed by atoms with Crippen molar-refractivity contribution in [2.75, 3.05) is 13.2 Å². The molecule has 3 heterocycles. The van der Waals surface area contributed by atoms with Crippen LogP contribution in [0.5, 0.6) is 0 Å². The lowest BCUT2D eigenvalue weighted by atomic mass is 9.86. The molecule has 8 nitrogen and oxygen atoms in total. The van der Waals surface area contributed by atoms with Crippen molar-refractivity contribution < 1.29 is 24.5 Å². The highest BCUT2D eigenvalue weighted by Gasteiger charge is 2.48. The van der Waals surface area contributed by atoms with Gasteiger partial charge in [-0.3, -0.25) is 9.59 Å². The zero-order chi connectivity index (χ0) is 22.2. The first-order valence-corrected chi connectivity index (χ1v) is 10.6. The van der Waals surface area contributed by atoms with Gasteiger partial charge in [0.25, 0.3) is 11.5 Å². The summed E-state index contributed by atoms with van der Waals surface area (Å²) in [7, 11) is 0. The van der Waals surface area contributed by atoms with Gasteiger partial charge in [-0.15, -0.1) is 0 Å². The average molecular weight is 428 g/mol. The molecule has 0 unspecified atom stereocenters. The Morgan fingerprint density at radius 3 is 2.58 bits per heavy atom. The van der Waals surface area contributed by atoms with E-state index in [-0.39, 0.29) is 23.6 Å². The number of amides is 1. The molecule has 2 aromatic rings. The fourth-order valence-electron chi connectivity index (χ4n) is 4.50. The first kappa shape index (κ1) is 21.7. The molecule has 3 N–H and O–H groups in total. The van der Waals surface area contributed by atoms with Gasteiger partial charge in [-0.25, -0.2) is 0 Å². The van der Waals surface area contributed by atoms with Gasteiger partial charge < -0.3 is 29.6 Å². The van der Waals surface area contributed by atoms with Crippen molar-refractivity contribution in [1.82, 2.24) is 9.88 Å². The number of hydrogen-bond acceptors (Lipinski definition) is 6. The maximum Gasteiger partial charge on any atom is 0.257 e. The summed E-state index contributed by atoms with van der Waals surface area (Å²) >= 11 is 0. The molecular weight excluding hydrogens is 400 g/mol. The molecule has 1 saturated heterocycles. The van der Waals surface area contributed by atoms with Crippen LogP contribution in [0, 0.1) is 0 Å². The average Bonchev–Trinajstić information content (AvgIpc) is 3.41. The summed E-state index contributed by atoms with van der Waals surface area (Å²) in [6, 6.07) is 10.6. The summed E-state index contributed by atoms with van der Waals surface area (Å²) in [6.45, 7) is 4.08. The van der Waals surface area contributed by atoms with E-state index in [9.17, 15) is 19.8 Å². The quantitative estimate of drug-likeness (QED) is 0.642. The third-order valence-corrected chi connectivity index (χ3v) is 6.35. The molecule has 1 aromatic heterocycles. The second-order valence-electron chi connectivity index (χ2n) is 8.06. The van der Waals surface area contributed by atoms with Crippen LogP contribution in [0.2, 0.25) is 0 Å². The van der Waals surface area contributed by atoms with Crippen LogP contribution in [0.4, 0.5) is 0 Å². The molecule has 0 aliphatic carbocycles. The zero-order valence-electron chi connectivity index (χ0n) is 17.8. The highest BCUT2D eigenvalue weighted by Crippen LogP contribution is 2.41. The number of benzene rings is 1. The molecule has 1 amide bonds. The second kappa shape index (κ2) is 8.20. The van der Waals surface area contributed by atoms with E-state index in [4.69, 9.17) is 9.47 Å². The van der Waals surface area contributed by atoms with Crippen molar-refractivity contribution in [3.63, 3.8) is 0 Å². The first-order chi connectivity index (χ1) is 14.9. The number of hydrogen-bond donors (Lipinski definition) is 3. The smallest absolute Gasteiger partial charge is 0.257 e. The molecule has 31 heavy (non-hydrogen) atoms. The maximum atomic E-state index is 13.3. The monoisotopic (exact) mass is 428 g/mol. The molecule has 0 radical (unpaired) electrons. The Balaban J connectivity index is 1.76. The highest BCUT2D eigenvalue weighted by molar-refractivity contribution is 5.87. The van der Waals surface area contributed by atoms with E-state index in [2.05, 4.69) is 5.32 Å². The predicted molar refractivity (Wildman–Crippen MR) is 112 cm³/mol. The van der Waals surface area contributed by atoms with E-state index >= 15 is 0 Å². The fraction of sp³-hybridized carbons (Fsp3) is 0.478. The van der Waals surface area contributed by atoms with E-state index < -0.39 is 29.5 Å². The van der Waals surface area contributed by atoms with Crippen molar-refractivity contribution in [3.05, 3.63) is 69.1 Å². The molecule has 2 atom stereocenters. The number of fused-ring (bicyclic) bond motifs is 2. The predicted octanol–water partition coefficient (Wildman–Crippen LogP) is 1.42. The molecule has 0 saturated carbocycles. The van der Waals surface area contributed by atoms with Crippen LogP contribution in [0.25, 0.3) is 0 Å². The van der Waals surface area contributed by atoms with Gasteiger partial charge in [0, 0.05) is 24.1 Å². The van der Waals surface area contributed by atoms with Crippen LogP contribution >= 0.6 is 0 Å². The first-order valence-electron chi connectivity index (χ1n) is 10.6. The summed E-state index contributed by atoms with van der Waals surface area (Å²) in [6.07, 6.45) is 0.475. The molecule has 2 aliphatic rings. The Bertz CT molecular complexity index is 1030. The van der Waals surface area contributed by atoms with E-state index in [1.807, 2.05) is 37.3 Å². The number of aliphatic hydroxyl groups is 2. The van der Waals surface area contributed by atoms with Crippen molar-refractivity contribution in [1.29, 1.82) is 0 Å². The fourth-order valence-corrected chi connectivity index (χ4v) is 4.50. The Labute approximate surface area is 180 Å². The molecule has 8 heteroatoms. The summed E-state index contributed by atoms with van der Waals surface area (Å²) in [5, 5.41) is 24.3. The lowest BCUT2D eigenvalue weighted by Gasteiger charge is -2.31. The van der Waals surface area contributed by atoms with E-state index in [1.165, 1.54) is 4.57 Å². The Kier molecular flexibility index (Phi) is 5.74. The van der Waals surface area contributed by atoms with Gasteiger partial charge in [0.2, 0.25) is 5.79 Å². The molecule has 1 fully saturated rings. The topological polar surface area (TPSA) is 110 Å². The summed E-state index contributed by atoms with van der Waals surface area (Å²) in [5.41, 5.74) is -0.993. The van der Waals surface area contributed by atoms with E-state index in [0.717, 1.165) is 5.56 Å². The van der Waals surface area contributed by atoms with Crippen molar-refractivity contribution in [3.8, 4) is 0 Å².